The van der Waals surface area contributed by atoms with E-state index in [1.807, 2.05) is 5.92 Å². The summed E-state index contributed by atoms with van der Waals surface area (Å²) in [5.41, 5.74) is 0. The maximum absolute atomic E-state index is 11.1. The maximum atomic E-state index is 11.1. The minimum absolute atomic E-state index is 0.836. The second-order valence-electron chi connectivity index (χ2n) is 0.969. The van der Waals surface area contributed by atoms with E-state index in [1.165, 1.54) is 0 Å². The first-order chi connectivity index (χ1) is 4.31. The predicted octanol–water partition coefficient (Wildman–Crippen LogP) is 0.700. The molecule has 0 rings (SSSR count). The highest BCUT2D eigenvalue weighted by Crippen LogP contribution is 1.77. The molecule has 0 saturated heterocycles. The monoisotopic (exact) mass is 132 g/mol. The largest absolute Gasteiger partial charge is 0.522 e. The van der Waals surface area contributed by atoms with Crippen LogP contribution in [-0.4, -0.2) is 19.9 Å². The van der Waals surface area contributed by atoms with Crippen molar-refractivity contribution in [2.75, 3.05) is 13.8 Å². The van der Waals surface area contributed by atoms with Crippen molar-refractivity contribution in [2.45, 2.75) is 0 Å². The summed E-state index contributed by atoms with van der Waals surface area (Å²) in [6.45, 7) is -0.836. The lowest BCUT2D eigenvalue weighted by molar-refractivity contribution is 0.112. The van der Waals surface area contributed by atoms with E-state index in [9.17, 15) is 9.18 Å². The molecule has 3 nitrogen and oxygen atoms in total. The van der Waals surface area contributed by atoms with Crippen LogP contribution in [0.3, 0.4) is 0 Å². The van der Waals surface area contributed by atoms with Crippen molar-refractivity contribution in [2.24, 2.45) is 0 Å². The molecule has 0 amide bonds. The Hall–Kier alpha value is -1.24. The molecule has 0 saturated carbocycles. The van der Waals surface area contributed by atoms with Gasteiger partial charge in [-0.25, -0.2) is 9.18 Å². The average molecular weight is 132 g/mol. The molecule has 0 atom stereocenters. The summed E-state index contributed by atoms with van der Waals surface area (Å²) in [6, 6.07) is 0. The Balaban J connectivity index is 3.37. The third-order valence-corrected chi connectivity index (χ3v) is 0.440. The molecule has 4 heteroatoms. The summed E-state index contributed by atoms with van der Waals surface area (Å²) in [6.07, 6.45) is 0.852. The fourth-order valence-electron chi connectivity index (χ4n) is 0.147. The van der Waals surface area contributed by atoms with E-state index in [2.05, 4.69) is 9.47 Å². The summed E-state index contributed by atoms with van der Waals surface area (Å²) >= 11 is 0. The predicted molar refractivity (Wildman–Crippen MR) is 27.2 cm³/mol. The first-order valence-corrected chi connectivity index (χ1v) is 2.10. The second-order valence-corrected chi connectivity index (χ2v) is 0.969. The van der Waals surface area contributed by atoms with Crippen molar-refractivity contribution in [3.05, 3.63) is 0 Å². The van der Waals surface area contributed by atoms with Crippen molar-refractivity contribution in [1.82, 2.24) is 0 Å². The molecule has 9 heavy (non-hydrogen) atoms. The maximum Gasteiger partial charge on any atom is 0.522 e. The van der Waals surface area contributed by atoms with E-state index in [0.29, 0.717) is 0 Å². The van der Waals surface area contributed by atoms with Crippen LogP contribution >= 0.6 is 0 Å². The summed E-state index contributed by atoms with van der Waals surface area (Å²) in [5.74, 6) is 1.87. The summed E-state index contributed by atoms with van der Waals surface area (Å²) < 4.78 is 19.1. The molecule has 0 aliphatic rings. The number of halogens is 1. The van der Waals surface area contributed by atoms with Gasteiger partial charge in [0.2, 0.25) is 0 Å². The molecule has 0 aromatic heterocycles. The van der Waals surface area contributed by atoms with Crippen LogP contribution in [0.15, 0.2) is 0 Å². The number of rotatable bonds is 0. The van der Waals surface area contributed by atoms with Gasteiger partial charge in [-0.05, 0) is 5.92 Å². The molecule has 0 radical (unpaired) electrons. The molecule has 0 aliphatic heterocycles. The number of alkyl halides is 1. The average Bonchev–Trinajstić information content (AvgIpc) is 1.89. The Morgan fingerprint density at radius 3 is 2.89 bits per heavy atom. The van der Waals surface area contributed by atoms with Gasteiger partial charge in [-0.3, -0.25) is 0 Å². The van der Waals surface area contributed by atoms with Crippen molar-refractivity contribution in [1.29, 1.82) is 0 Å². The molecule has 50 valence electrons. The van der Waals surface area contributed by atoms with E-state index < -0.39 is 12.8 Å². The molecule has 0 bridgehead atoms. The molecular formula is C5H5FO3. The Morgan fingerprint density at radius 1 is 1.78 bits per heavy atom. The van der Waals surface area contributed by atoms with Gasteiger partial charge in [0.1, 0.15) is 6.11 Å². The lowest BCUT2D eigenvalue weighted by Crippen LogP contribution is -1.98. The zero-order valence-electron chi connectivity index (χ0n) is 4.81. The Bertz CT molecular complexity index is 144. The van der Waals surface area contributed by atoms with Gasteiger partial charge >= 0.3 is 6.16 Å². The molecular weight excluding hydrogens is 127 g/mol. The first-order valence-electron chi connectivity index (χ1n) is 2.10. The molecule has 0 aromatic carbocycles. The Morgan fingerprint density at radius 2 is 2.44 bits per heavy atom. The van der Waals surface area contributed by atoms with Gasteiger partial charge in [0.05, 0.1) is 7.11 Å². The van der Waals surface area contributed by atoms with Crippen LogP contribution in [0.2, 0.25) is 0 Å². The zero-order valence-corrected chi connectivity index (χ0v) is 4.81. The molecule has 0 unspecified atom stereocenters. The minimum atomic E-state index is -0.934. The van der Waals surface area contributed by atoms with Gasteiger partial charge in [0.25, 0.3) is 0 Å². The van der Waals surface area contributed by atoms with Crippen molar-refractivity contribution < 1.29 is 18.7 Å². The highest BCUT2D eigenvalue weighted by Gasteiger charge is 1.93. The number of methoxy groups -OCH3 is 1. The minimum Gasteiger partial charge on any atom is -0.437 e. The molecule has 0 aromatic rings. The van der Waals surface area contributed by atoms with E-state index in [0.717, 1.165) is 7.11 Å². The topological polar surface area (TPSA) is 35.5 Å². The van der Waals surface area contributed by atoms with E-state index in [4.69, 9.17) is 0 Å². The standard InChI is InChI=1S/C5H5FO3/c1-8-5(7)9-4-2-3-6/h3H2,1H3. The number of carbonyl (C=O) groups excluding carboxylic acids is 1. The van der Waals surface area contributed by atoms with Crippen LogP contribution in [0.4, 0.5) is 9.18 Å². The summed E-state index contributed by atoms with van der Waals surface area (Å²) in [4.78, 5) is 10.0. The number of hydrogen-bond acceptors (Lipinski definition) is 3. The fraction of sp³-hybridized carbons (Fsp3) is 0.400. The van der Waals surface area contributed by atoms with E-state index in [-0.39, 0.29) is 0 Å². The van der Waals surface area contributed by atoms with Crippen molar-refractivity contribution >= 4 is 6.16 Å². The van der Waals surface area contributed by atoms with Gasteiger partial charge in [0, 0.05) is 0 Å². The third-order valence-electron chi connectivity index (χ3n) is 0.440. The lowest BCUT2D eigenvalue weighted by Gasteiger charge is -1.88. The first kappa shape index (κ1) is 7.76. The zero-order chi connectivity index (χ0) is 7.11. The molecule has 0 aliphatic carbocycles. The van der Waals surface area contributed by atoms with Gasteiger partial charge < -0.3 is 9.47 Å². The highest BCUT2D eigenvalue weighted by atomic mass is 19.1. The summed E-state index contributed by atoms with van der Waals surface area (Å²) in [7, 11) is 1.14. The highest BCUT2D eigenvalue weighted by molar-refractivity contribution is 5.60. The van der Waals surface area contributed by atoms with Crippen molar-refractivity contribution in [3.63, 3.8) is 0 Å². The van der Waals surface area contributed by atoms with E-state index >= 15 is 0 Å². The van der Waals surface area contributed by atoms with Gasteiger partial charge in [-0.2, -0.15) is 0 Å². The van der Waals surface area contributed by atoms with Crippen LogP contribution in [0, 0.1) is 12.0 Å². The molecule has 0 heterocycles. The van der Waals surface area contributed by atoms with E-state index in [1.54, 1.807) is 6.11 Å². The smallest absolute Gasteiger partial charge is 0.437 e. The SMILES string of the molecule is COC(=O)OC#CCF. The molecule has 0 fully saturated rings. The quantitative estimate of drug-likeness (QED) is 0.359. The molecule has 0 spiro atoms. The van der Waals surface area contributed by atoms with Gasteiger partial charge in [-0.15, -0.1) is 0 Å². The Labute approximate surface area is 51.8 Å². The van der Waals surface area contributed by atoms with Gasteiger partial charge in [-0.1, -0.05) is 0 Å². The van der Waals surface area contributed by atoms with Crippen LogP contribution in [0.25, 0.3) is 0 Å². The van der Waals surface area contributed by atoms with Crippen LogP contribution in [0.1, 0.15) is 0 Å². The van der Waals surface area contributed by atoms with Gasteiger partial charge in [0.15, 0.2) is 6.67 Å². The second kappa shape index (κ2) is 4.91. The molecule has 0 N–H and O–H groups in total. The van der Waals surface area contributed by atoms with Crippen molar-refractivity contribution in [3.8, 4) is 12.0 Å². The summed E-state index contributed by atoms with van der Waals surface area (Å²) in [5, 5.41) is 0. The van der Waals surface area contributed by atoms with Crippen LogP contribution in [0.5, 0.6) is 0 Å². The number of ether oxygens (including phenoxy) is 2. The van der Waals surface area contributed by atoms with Crippen LogP contribution < -0.4 is 0 Å². The van der Waals surface area contributed by atoms with Crippen LogP contribution in [-0.2, 0) is 9.47 Å². The number of carbonyl (C=O) groups is 1. The normalized spacial score (nSPS) is 6.89. The fourth-order valence-corrected chi connectivity index (χ4v) is 0.147. The number of hydrogen-bond donors (Lipinski definition) is 0. The third kappa shape index (κ3) is 4.62. The lowest BCUT2D eigenvalue weighted by atomic mass is 10.8. The Kier molecular flexibility index (Phi) is 4.23.